The summed E-state index contributed by atoms with van der Waals surface area (Å²) in [4.78, 5) is 5.60. The van der Waals surface area contributed by atoms with Gasteiger partial charge in [0.05, 0.1) is 25.1 Å². The van der Waals surface area contributed by atoms with Crippen molar-refractivity contribution in [1.29, 1.82) is 0 Å². The Kier molecular flexibility index (Phi) is 5.13. The highest BCUT2D eigenvalue weighted by atomic mass is 32.1. The van der Waals surface area contributed by atoms with Gasteiger partial charge in [0, 0.05) is 11.9 Å². The first-order valence-corrected chi connectivity index (χ1v) is 8.64. The number of aliphatic hydroxyl groups excluding tert-OH is 1. The largest absolute Gasteiger partial charge is 0.497 e. The maximum absolute atomic E-state index is 9.44. The SMILES string of the molecule is COc1ccc(-c2csc(=Nc3ccc(C)cc3)n2CCO)cc1. The Morgan fingerprint density at radius 2 is 1.79 bits per heavy atom. The number of hydrogen-bond donors (Lipinski definition) is 1. The lowest BCUT2D eigenvalue weighted by atomic mass is 10.1. The van der Waals surface area contributed by atoms with Crippen LogP contribution in [0.3, 0.4) is 0 Å². The third-order valence-electron chi connectivity index (χ3n) is 3.77. The van der Waals surface area contributed by atoms with Crippen molar-refractivity contribution in [1.82, 2.24) is 4.57 Å². The van der Waals surface area contributed by atoms with Gasteiger partial charge in [0.2, 0.25) is 0 Å². The molecule has 0 radical (unpaired) electrons. The fourth-order valence-corrected chi connectivity index (χ4v) is 3.41. The van der Waals surface area contributed by atoms with Crippen LogP contribution >= 0.6 is 11.3 Å². The average molecular weight is 340 g/mol. The monoisotopic (exact) mass is 340 g/mol. The van der Waals surface area contributed by atoms with Crippen LogP contribution < -0.4 is 9.54 Å². The summed E-state index contributed by atoms with van der Waals surface area (Å²) >= 11 is 1.57. The van der Waals surface area contributed by atoms with Gasteiger partial charge >= 0.3 is 0 Å². The van der Waals surface area contributed by atoms with Crippen LogP contribution in [0.1, 0.15) is 5.56 Å². The number of nitrogens with zero attached hydrogens (tertiary/aromatic N) is 2. The fourth-order valence-electron chi connectivity index (χ4n) is 2.46. The smallest absolute Gasteiger partial charge is 0.190 e. The van der Waals surface area contributed by atoms with E-state index >= 15 is 0 Å². The van der Waals surface area contributed by atoms with Crippen LogP contribution in [0.25, 0.3) is 11.3 Å². The second-order valence-corrected chi connectivity index (χ2v) is 6.29. The lowest BCUT2D eigenvalue weighted by molar-refractivity contribution is 0.275. The van der Waals surface area contributed by atoms with E-state index in [1.54, 1.807) is 18.4 Å². The van der Waals surface area contributed by atoms with Crippen LogP contribution in [0.5, 0.6) is 5.75 Å². The summed E-state index contributed by atoms with van der Waals surface area (Å²) in [5.74, 6) is 0.826. The van der Waals surface area contributed by atoms with Gasteiger partial charge in [0.25, 0.3) is 0 Å². The Bertz CT molecular complexity index is 862. The molecule has 24 heavy (non-hydrogen) atoms. The van der Waals surface area contributed by atoms with Crippen molar-refractivity contribution in [2.45, 2.75) is 13.5 Å². The molecule has 0 spiro atoms. The molecule has 1 aromatic heterocycles. The zero-order valence-electron chi connectivity index (χ0n) is 13.8. The van der Waals surface area contributed by atoms with E-state index in [1.807, 2.05) is 53.1 Å². The molecule has 0 amide bonds. The molecule has 0 aliphatic heterocycles. The molecule has 0 unspecified atom stereocenters. The maximum Gasteiger partial charge on any atom is 0.190 e. The number of hydrogen-bond acceptors (Lipinski definition) is 4. The van der Waals surface area contributed by atoms with E-state index in [-0.39, 0.29) is 6.61 Å². The number of aryl methyl sites for hydroxylation is 1. The number of ether oxygens (including phenoxy) is 1. The van der Waals surface area contributed by atoms with Crippen LogP contribution in [0.15, 0.2) is 58.9 Å². The van der Waals surface area contributed by atoms with Gasteiger partial charge in [-0.2, -0.15) is 0 Å². The topological polar surface area (TPSA) is 46.8 Å². The van der Waals surface area contributed by atoms with Gasteiger partial charge in [-0.25, -0.2) is 4.99 Å². The average Bonchev–Trinajstić information content (AvgIpc) is 3.00. The molecule has 1 heterocycles. The number of aliphatic hydroxyl groups is 1. The molecule has 2 aromatic carbocycles. The molecule has 3 aromatic rings. The van der Waals surface area contributed by atoms with E-state index < -0.39 is 0 Å². The Morgan fingerprint density at radius 3 is 2.42 bits per heavy atom. The predicted octanol–water partition coefficient (Wildman–Crippen LogP) is 3.76. The third kappa shape index (κ3) is 3.58. The number of rotatable bonds is 5. The summed E-state index contributed by atoms with van der Waals surface area (Å²) in [6, 6.07) is 16.0. The highest BCUT2D eigenvalue weighted by Crippen LogP contribution is 2.23. The molecular weight excluding hydrogens is 320 g/mol. The van der Waals surface area contributed by atoms with Gasteiger partial charge in [-0.05, 0) is 48.9 Å². The maximum atomic E-state index is 9.44. The first kappa shape index (κ1) is 16.5. The molecule has 1 N–H and O–H groups in total. The zero-order valence-corrected chi connectivity index (χ0v) is 14.6. The van der Waals surface area contributed by atoms with Crippen molar-refractivity contribution < 1.29 is 9.84 Å². The molecule has 124 valence electrons. The number of thiazole rings is 1. The van der Waals surface area contributed by atoms with Crippen molar-refractivity contribution >= 4 is 17.0 Å². The normalized spacial score (nSPS) is 11.7. The Hall–Kier alpha value is -2.37. The van der Waals surface area contributed by atoms with Gasteiger partial charge in [-0.15, -0.1) is 11.3 Å². The van der Waals surface area contributed by atoms with E-state index in [0.717, 1.165) is 27.5 Å². The van der Waals surface area contributed by atoms with Crippen LogP contribution in [0.2, 0.25) is 0 Å². The van der Waals surface area contributed by atoms with Crippen molar-refractivity contribution in [2.75, 3.05) is 13.7 Å². The second kappa shape index (κ2) is 7.47. The van der Waals surface area contributed by atoms with Gasteiger partial charge in [0.15, 0.2) is 4.80 Å². The first-order valence-electron chi connectivity index (χ1n) is 7.76. The fraction of sp³-hybridized carbons (Fsp3) is 0.211. The highest BCUT2D eigenvalue weighted by Gasteiger charge is 2.08. The quantitative estimate of drug-likeness (QED) is 0.769. The summed E-state index contributed by atoms with van der Waals surface area (Å²) in [6.45, 7) is 2.64. The molecule has 0 bridgehead atoms. The van der Waals surface area contributed by atoms with Gasteiger partial charge in [-0.3, -0.25) is 0 Å². The minimum absolute atomic E-state index is 0.0704. The summed E-state index contributed by atoms with van der Waals surface area (Å²) < 4.78 is 7.26. The van der Waals surface area contributed by atoms with Crippen LogP contribution in [0, 0.1) is 6.92 Å². The molecule has 3 rings (SSSR count). The van der Waals surface area contributed by atoms with E-state index in [9.17, 15) is 5.11 Å². The summed E-state index contributed by atoms with van der Waals surface area (Å²) in [7, 11) is 1.66. The highest BCUT2D eigenvalue weighted by molar-refractivity contribution is 7.07. The number of methoxy groups -OCH3 is 1. The van der Waals surface area contributed by atoms with Crippen molar-refractivity contribution in [3.05, 3.63) is 64.3 Å². The van der Waals surface area contributed by atoms with Crippen molar-refractivity contribution in [3.8, 4) is 17.0 Å². The van der Waals surface area contributed by atoms with Gasteiger partial charge < -0.3 is 14.4 Å². The van der Waals surface area contributed by atoms with Crippen LogP contribution in [-0.4, -0.2) is 23.4 Å². The Balaban J connectivity index is 2.05. The lowest BCUT2D eigenvalue weighted by Crippen LogP contribution is -2.17. The third-order valence-corrected chi connectivity index (χ3v) is 4.63. The molecule has 5 heteroatoms. The Labute approximate surface area is 145 Å². The first-order chi connectivity index (χ1) is 11.7. The minimum Gasteiger partial charge on any atom is -0.497 e. The van der Waals surface area contributed by atoms with Gasteiger partial charge in [0.1, 0.15) is 5.75 Å². The molecule has 0 fully saturated rings. The van der Waals surface area contributed by atoms with E-state index in [1.165, 1.54) is 5.56 Å². The zero-order chi connectivity index (χ0) is 16.9. The van der Waals surface area contributed by atoms with Crippen molar-refractivity contribution in [2.24, 2.45) is 4.99 Å². The van der Waals surface area contributed by atoms with Crippen molar-refractivity contribution in [3.63, 3.8) is 0 Å². The van der Waals surface area contributed by atoms with Crippen LogP contribution in [0.4, 0.5) is 5.69 Å². The summed E-state index contributed by atoms with van der Waals surface area (Å²) in [5.41, 5.74) is 4.24. The number of aromatic nitrogens is 1. The second-order valence-electron chi connectivity index (χ2n) is 5.45. The molecule has 0 saturated carbocycles. The van der Waals surface area contributed by atoms with E-state index in [2.05, 4.69) is 12.3 Å². The summed E-state index contributed by atoms with van der Waals surface area (Å²) in [5, 5.41) is 11.5. The molecule has 0 aliphatic carbocycles. The van der Waals surface area contributed by atoms with Crippen LogP contribution in [-0.2, 0) is 6.54 Å². The molecule has 4 nitrogen and oxygen atoms in total. The summed E-state index contributed by atoms with van der Waals surface area (Å²) in [6.07, 6.45) is 0. The standard InChI is InChI=1S/C19H20N2O2S/c1-14-3-7-16(8-4-14)20-19-21(11-12-22)18(13-24-19)15-5-9-17(23-2)10-6-15/h3-10,13,22H,11-12H2,1-2H3. The van der Waals surface area contributed by atoms with E-state index in [4.69, 9.17) is 9.73 Å². The minimum atomic E-state index is 0.0704. The van der Waals surface area contributed by atoms with Gasteiger partial charge in [-0.1, -0.05) is 17.7 Å². The molecule has 0 atom stereocenters. The van der Waals surface area contributed by atoms with E-state index in [0.29, 0.717) is 6.54 Å². The number of benzene rings is 2. The Morgan fingerprint density at radius 1 is 1.08 bits per heavy atom. The lowest BCUT2D eigenvalue weighted by Gasteiger charge is -2.08. The molecule has 0 saturated heterocycles. The molecule has 0 aliphatic rings. The predicted molar refractivity (Wildman–Crippen MR) is 97.8 cm³/mol. The molecular formula is C19H20N2O2S.